The Labute approximate surface area is 153 Å². The third kappa shape index (κ3) is 3.27. The summed E-state index contributed by atoms with van der Waals surface area (Å²) in [7, 11) is 0. The van der Waals surface area contributed by atoms with Crippen molar-refractivity contribution in [3.8, 4) is 5.75 Å². The Bertz CT molecular complexity index is 901. The van der Waals surface area contributed by atoms with Crippen LogP contribution in [0.25, 0.3) is 0 Å². The molecule has 0 saturated carbocycles. The van der Waals surface area contributed by atoms with E-state index in [0.717, 1.165) is 40.8 Å². The van der Waals surface area contributed by atoms with Gasteiger partial charge in [0.05, 0.1) is 12.9 Å². The summed E-state index contributed by atoms with van der Waals surface area (Å²) in [4.78, 5) is 16.3. The summed E-state index contributed by atoms with van der Waals surface area (Å²) in [6.07, 6.45) is 7.92. The van der Waals surface area contributed by atoms with E-state index < -0.39 is 0 Å². The van der Waals surface area contributed by atoms with Crippen molar-refractivity contribution in [1.29, 1.82) is 0 Å². The van der Waals surface area contributed by atoms with Gasteiger partial charge in [-0.15, -0.1) is 0 Å². The molecule has 0 bridgehead atoms. The van der Waals surface area contributed by atoms with Crippen LogP contribution in [0, 0.1) is 6.92 Å². The van der Waals surface area contributed by atoms with E-state index >= 15 is 0 Å². The molecule has 3 aromatic rings. The predicted octanol–water partition coefficient (Wildman–Crippen LogP) is 4.53. The molecule has 0 amide bonds. The molecule has 4 heteroatoms. The molecule has 0 radical (unpaired) electrons. The van der Waals surface area contributed by atoms with E-state index in [2.05, 4.69) is 24.0 Å². The smallest absolute Gasteiger partial charge is 0.163 e. The minimum atomic E-state index is -0.124. The Morgan fingerprint density at radius 3 is 2.77 bits per heavy atom. The number of Topliss-reactive ketones (excluding diaryl/α,β-unsaturated/α-hetero) is 1. The fraction of sp³-hybridized carbons (Fsp3) is 0.273. The fourth-order valence-corrected chi connectivity index (χ4v) is 3.62. The van der Waals surface area contributed by atoms with Crippen LogP contribution in [0.15, 0.2) is 61.2 Å². The summed E-state index contributed by atoms with van der Waals surface area (Å²) in [6, 6.07) is 14.1. The van der Waals surface area contributed by atoms with Crippen LogP contribution in [0.2, 0.25) is 0 Å². The van der Waals surface area contributed by atoms with Crippen molar-refractivity contribution < 1.29 is 9.53 Å². The zero-order valence-electron chi connectivity index (χ0n) is 14.9. The number of fused-ring (bicyclic) bond motifs is 1. The molecule has 0 N–H and O–H groups in total. The van der Waals surface area contributed by atoms with E-state index in [9.17, 15) is 4.79 Å². The van der Waals surface area contributed by atoms with E-state index in [1.54, 1.807) is 12.5 Å². The number of benzene rings is 2. The number of rotatable bonds is 5. The maximum Gasteiger partial charge on any atom is 0.163 e. The third-order valence-electron chi connectivity index (χ3n) is 5.06. The molecule has 0 fully saturated rings. The highest BCUT2D eigenvalue weighted by molar-refractivity contribution is 5.99. The van der Waals surface area contributed by atoms with Crippen molar-refractivity contribution in [2.75, 3.05) is 0 Å². The number of ether oxygens (including phenoxy) is 1. The van der Waals surface area contributed by atoms with Crippen LogP contribution in [0.3, 0.4) is 0 Å². The van der Waals surface area contributed by atoms with Crippen LogP contribution in [-0.2, 0) is 13.0 Å². The molecule has 4 rings (SSSR count). The van der Waals surface area contributed by atoms with Gasteiger partial charge in [0.15, 0.2) is 5.78 Å². The van der Waals surface area contributed by atoms with Crippen LogP contribution in [-0.4, -0.2) is 15.3 Å². The molecule has 132 valence electrons. The number of hydrogen-bond donors (Lipinski definition) is 0. The van der Waals surface area contributed by atoms with Gasteiger partial charge in [0, 0.05) is 24.4 Å². The number of ketones is 1. The average molecular weight is 346 g/mol. The Kier molecular flexibility index (Phi) is 4.57. The van der Waals surface area contributed by atoms with Crippen molar-refractivity contribution in [3.63, 3.8) is 0 Å². The minimum Gasteiger partial charge on any atom is -0.484 e. The lowest BCUT2D eigenvalue weighted by atomic mass is 9.87. The maximum absolute atomic E-state index is 12.2. The topological polar surface area (TPSA) is 44.1 Å². The second kappa shape index (κ2) is 7.16. The SMILES string of the molecule is Cc1c(OC(Cn2ccnc2)c2ccccc2)ccc2c1CCCC2=O. The van der Waals surface area contributed by atoms with Crippen LogP contribution in [0.4, 0.5) is 0 Å². The number of carbonyl (C=O) groups is 1. The molecule has 0 spiro atoms. The average Bonchev–Trinajstić information content (AvgIpc) is 3.18. The zero-order valence-corrected chi connectivity index (χ0v) is 14.9. The molecule has 1 atom stereocenters. The summed E-state index contributed by atoms with van der Waals surface area (Å²) >= 11 is 0. The Morgan fingerprint density at radius 1 is 1.15 bits per heavy atom. The molecule has 1 aliphatic carbocycles. The molecular formula is C22H22N2O2. The summed E-state index contributed by atoms with van der Waals surface area (Å²) in [5.41, 5.74) is 4.22. The zero-order chi connectivity index (χ0) is 17.9. The van der Waals surface area contributed by atoms with Crippen molar-refractivity contribution in [2.45, 2.75) is 38.8 Å². The quantitative estimate of drug-likeness (QED) is 0.682. The molecule has 0 saturated heterocycles. The van der Waals surface area contributed by atoms with Crippen molar-refractivity contribution >= 4 is 5.78 Å². The van der Waals surface area contributed by atoms with Gasteiger partial charge < -0.3 is 9.30 Å². The molecule has 0 aliphatic heterocycles. The fourth-order valence-electron chi connectivity index (χ4n) is 3.62. The number of hydrogen-bond acceptors (Lipinski definition) is 3. The first kappa shape index (κ1) is 16.6. The van der Waals surface area contributed by atoms with Crippen LogP contribution >= 0.6 is 0 Å². The summed E-state index contributed by atoms with van der Waals surface area (Å²) in [5.74, 6) is 1.10. The van der Waals surface area contributed by atoms with Gasteiger partial charge in [-0.25, -0.2) is 4.98 Å². The first-order chi connectivity index (χ1) is 12.7. The largest absolute Gasteiger partial charge is 0.484 e. The van der Waals surface area contributed by atoms with Gasteiger partial charge in [0.25, 0.3) is 0 Å². The molecular weight excluding hydrogens is 324 g/mol. The highest BCUT2D eigenvalue weighted by Gasteiger charge is 2.22. The number of imidazole rings is 1. The van der Waals surface area contributed by atoms with Crippen molar-refractivity contribution in [1.82, 2.24) is 9.55 Å². The van der Waals surface area contributed by atoms with Gasteiger partial charge in [0.1, 0.15) is 11.9 Å². The van der Waals surface area contributed by atoms with E-state index in [0.29, 0.717) is 13.0 Å². The van der Waals surface area contributed by atoms with Gasteiger partial charge in [-0.1, -0.05) is 30.3 Å². The lowest BCUT2D eigenvalue weighted by Gasteiger charge is -2.24. The van der Waals surface area contributed by atoms with E-state index in [1.807, 2.05) is 41.1 Å². The molecule has 1 aliphatic rings. The highest BCUT2D eigenvalue weighted by Crippen LogP contribution is 2.33. The second-order valence-electron chi connectivity index (χ2n) is 6.77. The molecule has 1 heterocycles. The van der Waals surface area contributed by atoms with Gasteiger partial charge in [-0.05, 0) is 48.6 Å². The van der Waals surface area contributed by atoms with E-state index in [-0.39, 0.29) is 11.9 Å². The van der Waals surface area contributed by atoms with E-state index in [4.69, 9.17) is 4.74 Å². The lowest BCUT2D eigenvalue weighted by Crippen LogP contribution is -2.17. The summed E-state index contributed by atoms with van der Waals surface area (Å²) < 4.78 is 8.47. The van der Waals surface area contributed by atoms with Gasteiger partial charge in [-0.2, -0.15) is 0 Å². The summed E-state index contributed by atoms with van der Waals surface area (Å²) in [6.45, 7) is 2.74. The third-order valence-corrected chi connectivity index (χ3v) is 5.06. The maximum atomic E-state index is 12.2. The van der Waals surface area contributed by atoms with Gasteiger partial charge >= 0.3 is 0 Å². The van der Waals surface area contributed by atoms with Gasteiger partial charge in [0.2, 0.25) is 0 Å². The van der Waals surface area contributed by atoms with Crippen molar-refractivity contribution in [2.24, 2.45) is 0 Å². The molecule has 1 unspecified atom stereocenters. The Hall–Kier alpha value is -2.88. The summed E-state index contributed by atoms with van der Waals surface area (Å²) in [5, 5.41) is 0. The molecule has 26 heavy (non-hydrogen) atoms. The van der Waals surface area contributed by atoms with Crippen molar-refractivity contribution in [3.05, 3.63) is 83.4 Å². The Morgan fingerprint density at radius 2 is 2.00 bits per heavy atom. The van der Waals surface area contributed by atoms with Gasteiger partial charge in [-0.3, -0.25) is 4.79 Å². The number of nitrogens with zero attached hydrogens (tertiary/aromatic N) is 2. The first-order valence-electron chi connectivity index (χ1n) is 9.05. The first-order valence-corrected chi connectivity index (χ1v) is 9.05. The number of aromatic nitrogens is 2. The monoisotopic (exact) mass is 346 g/mol. The van der Waals surface area contributed by atoms with Crippen LogP contribution in [0.5, 0.6) is 5.75 Å². The molecule has 4 nitrogen and oxygen atoms in total. The Balaban J connectivity index is 1.66. The second-order valence-corrected chi connectivity index (χ2v) is 6.77. The van der Waals surface area contributed by atoms with Crippen LogP contribution < -0.4 is 4.74 Å². The number of carbonyl (C=O) groups excluding carboxylic acids is 1. The lowest BCUT2D eigenvalue weighted by molar-refractivity contribution is 0.0972. The van der Waals surface area contributed by atoms with E-state index in [1.165, 1.54) is 0 Å². The normalized spacial score (nSPS) is 14.7. The molecule has 2 aromatic carbocycles. The van der Waals surface area contributed by atoms with Crippen LogP contribution in [0.1, 0.15) is 46.0 Å². The molecule has 1 aromatic heterocycles. The predicted molar refractivity (Wildman–Crippen MR) is 100 cm³/mol. The minimum absolute atomic E-state index is 0.124. The standard InChI is InChI=1S/C22H22N2O2/c1-16-18-8-5-9-20(25)19(18)10-11-21(16)26-22(14-24-13-12-23-15-24)17-6-3-2-4-7-17/h2-4,6-7,10-13,15,22H,5,8-9,14H2,1H3. The highest BCUT2D eigenvalue weighted by atomic mass is 16.5.